The van der Waals surface area contributed by atoms with Crippen LogP contribution in [0.25, 0.3) is 109 Å². The fraction of sp³-hybridized carbons (Fsp3) is 0.0588. The molecule has 0 aliphatic heterocycles. The van der Waals surface area contributed by atoms with Crippen molar-refractivity contribution in [3.63, 3.8) is 0 Å². The van der Waals surface area contributed by atoms with Crippen molar-refractivity contribution in [3.8, 4) is 33.4 Å². The topological polar surface area (TPSA) is 0 Å². The fourth-order valence-electron chi connectivity index (χ4n) is 10.3. The summed E-state index contributed by atoms with van der Waals surface area (Å²) in [6.45, 7) is 4.81. The number of hydrogen-bond acceptors (Lipinski definition) is 0. The van der Waals surface area contributed by atoms with Crippen LogP contribution in [0.5, 0.6) is 0 Å². The van der Waals surface area contributed by atoms with E-state index in [0.29, 0.717) is 0 Å². The molecule has 0 atom stereocenters. The van der Waals surface area contributed by atoms with Crippen LogP contribution >= 0.6 is 0 Å². The maximum atomic E-state index is 2.53. The van der Waals surface area contributed by atoms with Crippen molar-refractivity contribution in [3.05, 3.63) is 169 Å². The predicted octanol–water partition coefficient (Wildman–Crippen LogP) is 14.3. The van der Waals surface area contributed by atoms with Crippen molar-refractivity contribution in [2.75, 3.05) is 0 Å². The number of rotatable bonds is 2. The second-order valence-electron chi connectivity index (χ2n) is 15.1. The molecule has 12 rings (SSSR count). The number of hydrogen-bond donors (Lipinski definition) is 0. The molecule has 0 saturated heterocycles. The van der Waals surface area contributed by atoms with Crippen molar-refractivity contribution in [1.29, 1.82) is 0 Å². The maximum absolute atomic E-state index is 2.53. The van der Waals surface area contributed by atoms with Crippen molar-refractivity contribution in [2.24, 2.45) is 0 Å². The number of benzene rings is 9. The van der Waals surface area contributed by atoms with E-state index in [0.717, 1.165) is 0 Å². The van der Waals surface area contributed by atoms with Crippen LogP contribution < -0.4 is 0 Å². The molecule has 0 bridgehead atoms. The zero-order valence-electron chi connectivity index (χ0n) is 28.5. The Labute approximate surface area is 295 Å². The third-order valence-corrected chi connectivity index (χ3v) is 12.3. The van der Waals surface area contributed by atoms with Gasteiger partial charge in [-0.05, 0) is 126 Å². The minimum atomic E-state index is -0.114. The van der Waals surface area contributed by atoms with Crippen LogP contribution in [0.1, 0.15) is 25.0 Å². The standard InChI is InChI=1S/C51H32/c1-51(2)41-23-12-11-20-33(41)35-24-25-37-46-38(26-27-42(51)48(35)46)49-43(29-14-5-3-6-15-29)40-28-39-32-19-10-9-18-31(32)34-21-13-22-36(45(34)39)47(40)44(50(37)49)30-16-7-4-8-17-30/h3-28H,1-2H3. The average molecular weight is 645 g/mol. The van der Waals surface area contributed by atoms with E-state index in [-0.39, 0.29) is 5.41 Å². The van der Waals surface area contributed by atoms with Gasteiger partial charge in [0, 0.05) is 5.41 Å². The molecule has 11 aromatic rings. The van der Waals surface area contributed by atoms with Crippen molar-refractivity contribution in [1.82, 2.24) is 0 Å². The normalized spacial score (nSPS) is 13.8. The molecule has 0 heteroatoms. The van der Waals surface area contributed by atoms with Crippen LogP contribution in [0, 0.1) is 0 Å². The van der Waals surface area contributed by atoms with Gasteiger partial charge in [0.1, 0.15) is 0 Å². The minimum absolute atomic E-state index is 0.114. The van der Waals surface area contributed by atoms with Crippen LogP contribution in [0.2, 0.25) is 0 Å². The highest BCUT2D eigenvalue weighted by molar-refractivity contribution is 6.45. The molecular formula is C51H32. The van der Waals surface area contributed by atoms with Gasteiger partial charge >= 0.3 is 0 Å². The molecule has 0 amide bonds. The van der Waals surface area contributed by atoms with Gasteiger partial charge in [-0.1, -0.05) is 166 Å². The maximum Gasteiger partial charge on any atom is 0.0159 e. The van der Waals surface area contributed by atoms with E-state index in [1.807, 2.05) is 0 Å². The monoisotopic (exact) mass is 644 g/mol. The summed E-state index contributed by atoms with van der Waals surface area (Å²) < 4.78 is 0. The first-order valence-corrected chi connectivity index (χ1v) is 18.1. The first-order chi connectivity index (χ1) is 25.1. The summed E-state index contributed by atoms with van der Waals surface area (Å²) >= 11 is 0. The Bertz CT molecular complexity index is 3240. The summed E-state index contributed by atoms with van der Waals surface area (Å²) in [5, 5.41) is 18.9. The first kappa shape index (κ1) is 27.6. The fourth-order valence-corrected chi connectivity index (χ4v) is 10.3. The predicted molar refractivity (Wildman–Crippen MR) is 220 cm³/mol. The Morgan fingerprint density at radius 1 is 0.294 bits per heavy atom. The van der Waals surface area contributed by atoms with Crippen LogP contribution in [0.15, 0.2) is 158 Å². The van der Waals surface area contributed by atoms with E-state index in [1.54, 1.807) is 0 Å². The molecule has 1 aliphatic carbocycles. The van der Waals surface area contributed by atoms with Gasteiger partial charge in [-0.3, -0.25) is 0 Å². The van der Waals surface area contributed by atoms with Gasteiger partial charge < -0.3 is 0 Å². The second-order valence-corrected chi connectivity index (χ2v) is 15.1. The van der Waals surface area contributed by atoms with Crippen LogP contribution in [0.3, 0.4) is 0 Å². The van der Waals surface area contributed by atoms with Crippen molar-refractivity contribution in [2.45, 2.75) is 19.3 Å². The molecule has 0 spiro atoms. The molecule has 236 valence electrons. The zero-order valence-corrected chi connectivity index (χ0v) is 28.5. The molecule has 0 nitrogen and oxygen atoms in total. The van der Waals surface area contributed by atoms with E-state index in [1.165, 1.54) is 120 Å². The molecule has 1 aliphatic rings. The average Bonchev–Trinajstić information content (AvgIpc) is 3.69. The molecule has 0 heterocycles. The molecule has 11 aromatic carbocycles. The van der Waals surface area contributed by atoms with Gasteiger partial charge in [-0.25, -0.2) is 0 Å². The Hall–Kier alpha value is -6.24. The van der Waals surface area contributed by atoms with Crippen molar-refractivity contribution < 1.29 is 0 Å². The minimum Gasteiger partial charge on any atom is -0.0622 e. The SMILES string of the molecule is CC1(C)c2ccccc2-c2ccc3c4c(-c5ccccc5)c5c(cc6c7ccccc7c7cccc5c76)c(-c5ccccc5)c4c4ccc1c2c43. The largest absolute Gasteiger partial charge is 0.0622 e. The van der Waals surface area contributed by atoms with E-state index < -0.39 is 0 Å². The van der Waals surface area contributed by atoms with E-state index in [2.05, 4.69) is 172 Å². The lowest BCUT2D eigenvalue weighted by atomic mass is 9.68. The third-order valence-electron chi connectivity index (χ3n) is 12.3. The quantitative estimate of drug-likeness (QED) is 0.164. The molecule has 0 radical (unpaired) electrons. The van der Waals surface area contributed by atoms with Crippen LogP contribution in [-0.2, 0) is 5.41 Å². The van der Waals surface area contributed by atoms with Gasteiger partial charge in [-0.2, -0.15) is 0 Å². The zero-order chi connectivity index (χ0) is 33.6. The molecule has 0 aromatic heterocycles. The summed E-state index contributed by atoms with van der Waals surface area (Å²) in [6.07, 6.45) is 0. The number of fused-ring (bicyclic) bond motifs is 10. The molecule has 0 unspecified atom stereocenters. The highest BCUT2D eigenvalue weighted by Gasteiger charge is 2.35. The Balaban J connectivity index is 1.42. The summed E-state index contributed by atoms with van der Waals surface area (Å²) in [5.41, 5.74) is 10.6. The smallest absolute Gasteiger partial charge is 0.0159 e. The van der Waals surface area contributed by atoms with E-state index in [4.69, 9.17) is 0 Å². The lowest BCUT2D eigenvalue weighted by Gasteiger charge is -2.35. The summed E-state index contributed by atoms with van der Waals surface area (Å²) in [7, 11) is 0. The van der Waals surface area contributed by atoms with E-state index in [9.17, 15) is 0 Å². The summed E-state index contributed by atoms with van der Waals surface area (Å²) in [6, 6.07) is 59.6. The molecule has 0 N–H and O–H groups in total. The van der Waals surface area contributed by atoms with Crippen LogP contribution in [0.4, 0.5) is 0 Å². The van der Waals surface area contributed by atoms with Crippen molar-refractivity contribution >= 4 is 75.4 Å². The van der Waals surface area contributed by atoms with E-state index >= 15 is 0 Å². The molecule has 0 fully saturated rings. The first-order valence-electron chi connectivity index (χ1n) is 18.1. The molecule has 51 heavy (non-hydrogen) atoms. The highest BCUT2D eigenvalue weighted by atomic mass is 14.4. The van der Waals surface area contributed by atoms with Gasteiger partial charge in [0.2, 0.25) is 0 Å². The van der Waals surface area contributed by atoms with Crippen LogP contribution in [-0.4, -0.2) is 0 Å². The highest BCUT2D eigenvalue weighted by Crippen LogP contribution is 2.57. The van der Waals surface area contributed by atoms with Gasteiger partial charge in [0.25, 0.3) is 0 Å². The Morgan fingerprint density at radius 3 is 1.63 bits per heavy atom. The lowest BCUT2D eigenvalue weighted by Crippen LogP contribution is -2.23. The Morgan fingerprint density at radius 2 is 0.863 bits per heavy atom. The molecular weight excluding hydrogens is 613 g/mol. The Kier molecular flexibility index (Phi) is 5.14. The van der Waals surface area contributed by atoms with Gasteiger partial charge in [0.05, 0.1) is 0 Å². The summed E-state index contributed by atoms with van der Waals surface area (Å²) in [5.74, 6) is 0. The third kappa shape index (κ3) is 3.31. The second kappa shape index (κ2) is 9.50. The summed E-state index contributed by atoms with van der Waals surface area (Å²) in [4.78, 5) is 0. The van der Waals surface area contributed by atoms with Gasteiger partial charge in [-0.15, -0.1) is 0 Å². The lowest BCUT2D eigenvalue weighted by molar-refractivity contribution is 0.645. The van der Waals surface area contributed by atoms with Gasteiger partial charge in [0.15, 0.2) is 0 Å². The molecule has 0 saturated carbocycles.